The Bertz CT molecular complexity index is 721. The molecule has 1 aliphatic heterocycles. The number of rotatable bonds is 2. The smallest absolute Gasteiger partial charge is 0.681 e. The van der Waals surface area contributed by atoms with Crippen LogP contribution in [-0.2, 0) is 0 Å². The summed E-state index contributed by atoms with van der Waals surface area (Å²) in [5, 5.41) is 4.68. The first-order valence-corrected chi connectivity index (χ1v) is 7.80. The van der Waals surface area contributed by atoms with Crippen LogP contribution in [0.15, 0.2) is 72.3 Å². The molecule has 112 valence electrons. The average molecular weight is 295 g/mol. The Morgan fingerprint density at radius 3 is 2.17 bits per heavy atom. The van der Waals surface area contributed by atoms with Gasteiger partial charge in [0.15, 0.2) is 0 Å². The molecular formula is C21H22LiN. The van der Waals surface area contributed by atoms with Crippen molar-refractivity contribution in [3.8, 4) is 11.1 Å². The van der Waals surface area contributed by atoms with Gasteiger partial charge in [0.2, 0.25) is 0 Å². The van der Waals surface area contributed by atoms with E-state index >= 15 is 0 Å². The molecule has 2 aromatic carbocycles. The summed E-state index contributed by atoms with van der Waals surface area (Å²) in [6.45, 7) is 7.52. The number of benzene rings is 2. The zero-order valence-corrected chi connectivity index (χ0v) is 14.5. The van der Waals surface area contributed by atoms with E-state index in [2.05, 4.69) is 86.8 Å². The van der Waals surface area contributed by atoms with Gasteiger partial charge in [-0.1, -0.05) is 81.5 Å². The molecule has 1 nitrogen and oxygen atoms in total. The molecule has 3 rings (SSSR count). The summed E-state index contributed by atoms with van der Waals surface area (Å²) < 4.78 is 0. The van der Waals surface area contributed by atoms with Gasteiger partial charge in [-0.25, -0.2) is 0 Å². The van der Waals surface area contributed by atoms with E-state index in [0.717, 1.165) is 12.2 Å². The molecule has 2 heteroatoms. The molecule has 0 unspecified atom stereocenters. The van der Waals surface area contributed by atoms with Crippen molar-refractivity contribution in [1.29, 1.82) is 0 Å². The Kier molecular flexibility index (Phi) is 5.58. The van der Waals surface area contributed by atoms with Gasteiger partial charge in [-0.2, -0.15) is 0 Å². The fraction of sp³-hybridized carbons (Fsp3) is 0.238. The second-order valence-corrected chi connectivity index (χ2v) is 6.73. The largest absolute Gasteiger partial charge is 1.00 e. The molecule has 1 heterocycles. The van der Waals surface area contributed by atoms with Gasteiger partial charge in [0, 0.05) is 0 Å². The molecule has 0 saturated carbocycles. The molecule has 0 bridgehead atoms. The fourth-order valence-corrected chi connectivity index (χ4v) is 2.68. The van der Waals surface area contributed by atoms with Crippen LogP contribution in [0.2, 0.25) is 0 Å². The molecule has 0 atom stereocenters. The van der Waals surface area contributed by atoms with Crippen molar-refractivity contribution in [2.75, 3.05) is 6.54 Å². The topological polar surface area (TPSA) is 14.1 Å². The summed E-state index contributed by atoms with van der Waals surface area (Å²) in [7, 11) is 0. The van der Waals surface area contributed by atoms with Crippen molar-refractivity contribution in [1.82, 2.24) is 0 Å². The van der Waals surface area contributed by atoms with Crippen LogP contribution >= 0.6 is 0 Å². The molecule has 0 spiro atoms. The number of hydrogen-bond acceptors (Lipinski definition) is 0. The van der Waals surface area contributed by atoms with Crippen LogP contribution < -0.4 is 18.9 Å². The molecular weight excluding hydrogens is 273 g/mol. The van der Waals surface area contributed by atoms with Crippen LogP contribution in [0.25, 0.3) is 22.1 Å². The number of allylic oxidation sites excluding steroid dienone is 2. The van der Waals surface area contributed by atoms with Gasteiger partial charge in [-0.05, 0) is 33.7 Å². The van der Waals surface area contributed by atoms with Crippen LogP contribution in [0.3, 0.4) is 0 Å². The normalized spacial score (nSPS) is 14.2. The van der Waals surface area contributed by atoms with E-state index in [1.54, 1.807) is 0 Å². The first-order chi connectivity index (χ1) is 10.5. The number of hydrogen-bond donors (Lipinski definition) is 0. The standard InChI is InChI=1S/C21H22N.Li/c1-21(2,3)19-12-13-22-20(15-19)18-11-7-10-17(14-18)16-8-5-4-6-9-16;/h4-12,14-15H,13H2,1-3H3;/q-1;+1. The Balaban J connectivity index is 0.00000192. The first kappa shape index (κ1) is 17.7. The van der Waals surface area contributed by atoms with Crippen LogP contribution in [0.4, 0.5) is 0 Å². The average Bonchev–Trinajstić information content (AvgIpc) is 2.55. The quantitative estimate of drug-likeness (QED) is 0.756. The SMILES string of the molecule is CC(C)(C)C1=CC[N-]C(c2cccc(-c3ccccc3)c2)=C1.[Li+]. The third-order valence-electron chi connectivity index (χ3n) is 4.00. The minimum atomic E-state index is 0. The third-order valence-corrected chi connectivity index (χ3v) is 4.00. The van der Waals surface area contributed by atoms with Gasteiger partial charge in [0.1, 0.15) is 0 Å². The summed E-state index contributed by atoms with van der Waals surface area (Å²) in [5.74, 6) is 0. The minimum absolute atomic E-state index is 0. The van der Waals surface area contributed by atoms with Gasteiger partial charge in [-0.3, -0.25) is 0 Å². The van der Waals surface area contributed by atoms with Gasteiger partial charge < -0.3 is 5.32 Å². The Labute approximate surface area is 151 Å². The number of nitrogens with zero attached hydrogens (tertiary/aromatic N) is 1. The predicted molar refractivity (Wildman–Crippen MR) is 95.6 cm³/mol. The van der Waals surface area contributed by atoms with Crippen LogP contribution in [0.1, 0.15) is 26.3 Å². The summed E-state index contributed by atoms with van der Waals surface area (Å²) in [5.41, 5.74) is 6.29. The van der Waals surface area contributed by atoms with Crippen molar-refractivity contribution in [3.63, 3.8) is 0 Å². The molecule has 0 amide bonds. The van der Waals surface area contributed by atoms with Gasteiger partial charge >= 0.3 is 18.9 Å². The second kappa shape index (κ2) is 7.26. The van der Waals surface area contributed by atoms with E-state index in [9.17, 15) is 0 Å². The Morgan fingerprint density at radius 2 is 1.48 bits per heavy atom. The maximum absolute atomic E-state index is 4.68. The van der Waals surface area contributed by atoms with Crippen LogP contribution in [-0.4, -0.2) is 6.54 Å². The van der Waals surface area contributed by atoms with Crippen molar-refractivity contribution in [2.24, 2.45) is 5.41 Å². The minimum Gasteiger partial charge on any atom is -0.681 e. The fourth-order valence-electron chi connectivity index (χ4n) is 2.68. The molecule has 0 aromatic heterocycles. The molecule has 0 radical (unpaired) electrons. The van der Waals surface area contributed by atoms with E-state index in [0.29, 0.717) is 0 Å². The van der Waals surface area contributed by atoms with Crippen LogP contribution in [0.5, 0.6) is 0 Å². The second-order valence-electron chi connectivity index (χ2n) is 6.73. The first-order valence-electron chi connectivity index (χ1n) is 7.80. The van der Waals surface area contributed by atoms with Gasteiger partial charge in [0.25, 0.3) is 0 Å². The monoisotopic (exact) mass is 295 g/mol. The van der Waals surface area contributed by atoms with E-state index in [1.165, 1.54) is 22.3 Å². The molecule has 23 heavy (non-hydrogen) atoms. The molecule has 2 aromatic rings. The van der Waals surface area contributed by atoms with E-state index in [4.69, 9.17) is 0 Å². The zero-order chi connectivity index (χ0) is 15.6. The maximum atomic E-state index is 4.68. The van der Waals surface area contributed by atoms with Gasteiger partial charge in [0.05, 0.1) is 0 Å². The van der Waals surface area contributed by atoms with Crippen molar-refractivity contribution in [3.05, 3.63) is 83.2 Å². The van der Waals surface area contributed by atoms with Crippen molar-refractivity contribution >= 4 is 5.70 Å². The van der Waals surface area contributed by atoms with Crippen LogP contribution in [0, 0.1) is 5.41 Å². The molecule has 0 fully saturated rings. The molecule has 0 N–H and O–H groups in total. The summed E-state index contributed by atoms with van der Waals surface area (Å²) in [6, 6.07) is 19.1. The summed E-state index contributed by atoms with van der Waals surface area (Å²) in [6.07, 6.45) is 4.46. The summed E-state index contributed by atoms with van der Waals surface area (Å²) >= 11 is 0. The maximum Gasteiger partial charge on any atom is 1.00 e. The molecule has 0 saturated heterocycles. The van der Waals surface area contributed by atoms with E-state index < -0.39 is 0 Å². The predicted octanol–water partition coefficient (Wildman–Crippen LogP) is 3.06. The third kappa shape index (κ3) is 4.19. The summed E-state index contributed by atoms with van der Waals surface area (Å²) in [4.78, 5) is 0. The zero-order valence-electron chi connectivity index (χ0n) is 14.5. The molecule has 0 aliphatic carbocycles. The Morgan fingerprint density at radius 1 is 0.826 bits per heavy atom. The van der Waals surface area contributed by atoms with E-state index in [-0.39, 0.29) is 24.3 Å². The van der Waals surface area contributed by atoms with Crippen molar-refractivity contribution < 1.29 is 18.9 Å². The van der Waals surface area contributed by atoms with E-state index in [1.807, 2.05) is 6.07 Å². The molecule has 1 aliphatic rings. The Hall–Kier alpha value is -1.68. The van der Waals surface area contributed by atoms with Crippen molar-refractivity contribution in [2.45, 2.75) is 20.8 Å². The van der Waals surface area contributed by atoms with Gasteiger partial charge in [-0.15, -0.1) is 12.2 Å².